The van der Waals surface area contributed by atoms with Crippen LogP contribution in [-0.4, -0.2) is 17.7 Å². The number of benzene rings is 3. The van der Waals surface area contributed by atoms with Crippen molar-refractivity contribution in [3.8, 4) is 17.2 Å². The van der Waals surface area contributed by atoms with Crippen molar-refractivity contribution in [3.63, 3.8) is 0 Å². The lowest BCUT2D eigenvalue weighted by atomic mass is 9.88. The second-order valence-corrected chi connectivity index (χ2v) is 6.69. The van der Waals surface area contributed by atoms with Gasteiger partial charge in [-0.3, -0.25) is 0 Å². The van der Waals surface area contributed by atoms with Gasteiger partial charge in [-0.25, -0.2) is 13.6 Å². The first kappa shape index (κ1) is 20.3. The van der Waals surface area contributed by atoms with Crippen LogP contribution in [-0.2, 0) is 0 Å². The largest absolute Gasteiger partial charge is 0.465 e. The lowest BCUT2D eigenvalue weighted by molar-refractivity contribution is 0.194. The number of amides is 1. The van der Waals surface area contributed by atoms with Gasteiger partial charge in [0.05, 0.1) is 11.6 Å². The van der Waals surface area contributed by atoms with Gasteiger partial charge in [-0.2, -0.15) is 5.26 Å². The predicted molar refractivity (Wildman–Crippen MR) is 106 cm³/mol. The van der Waals surface area contributed by atoms with Crippen LogP contribution < -0.4 is 5.32 Å². The Morgan fingerprint density at radius 3 is 2.48 bits per heavy atom. The molecule has 0 fully saturated rings. The Kier molecular flexibility index (Phi) is 6.10. The Bertz CT molecular complexity index is 1100. The van der Waals surface area contributed by atoms with E-state index in [-0.39, 0.29) is 28.3 Å². The molecule has 3 aromatic carbocycles. The Hall–Kier alpha value is -3.43. The zero-order chi connectivity index (χ0) is 21.0. The first-order chi connectivity index (χ1) is 13.9. The maximum atomic E-state index is 14.5. The van der Waals surface area contributed by atoms with Crippen LogP contribution in [0, 0.1) is 23.0 Å². The van der Waals surface area contributed by atoms with Crippen LogP contribution in [0.15, 0.2) is 60.7 Å². The quantitative estimate of drug-likeness (QED) is 0.576. The molecule has 1 unspecified atom stereocenters. The van der Waals surface area contributed by atoms with Crippen LogP contribution in [0.2, 0.25) is 5.02 Å². The molecule has 146 valence electrons. The van der Waals surface area contributed by atoms with Crippen molar-refractivity contribution in [2.24, 2.45) is 0 Å². The third-order valence-electron chi connectivity index (χ3n) is 4.54. The molecule has 3 rings (SSSR count). The average Bonchev–Trinajstić information content (AvgIpc) is 2.72. The van der Waals surface area contributed by atoms with Crippen LogP contribution in [0.25, 0.3) is 11.1 Å². The van der Waals surface area contributed by atoms with Gasteiger partial charge in [-0.05, 0) is 35.4 Å². The Labute approximate surface area is 171 Å². The molecule has 0 saturated heterocycles. The fraction of sp³-hybridized carbons (Fsp3) is 0.0909. The van der Waals surface area contributed by atoms with E-state index in [1.807, 2.05) is 36.4 Å². The minimum Gasteiger partial charge on any atom is -0.465 e. The van der Waals surface area contributed by atoms with Crippen molar-refractivity contribution in [2.45, 2.75) is 5.92 Å². The summed E-state index contributed by atoms with van der Waals surface area (Å²) >= 11 is 6.25. The molecule has 1 amide bonds. The molecule has 7 heteroatoms. The topological polar surface area (TPSA) is 73.1 Å². The third-order valence-corrected chi connectivity index (χ3v) is 4.87. The van der Waals surface area contributed by atoms with Gasteiger partial charge in [-0.15, -0.1) is 0 Å². The molecule has 29 heavy (non-hydrogen) atoms. The Morgan fingerprint density at radius 2 is 1.83 bits per heavy atom. The summed E-state index contributed by atoms with van der Waals surface area (Å²) < 4.78 is 28.4. The molecule has 0 aromatic heterocycles. The van der Waals surface area contributed by atoms with E-state index in [1.54, 1.807) is 12.1 Å². The number of hydrogen-bond acceptors (Lipinski definition) is 2. The molecule has 0 aliphatic rings. The molecular weight excluding hydrogens is 398 g/mol. The van der Waals surface area contributed by atoms with Crippen LogP contribution in [0.5, 0.6) is 0 Å². The first-order valence-corrected chi connectivity index (χ1v) is 8.99. The summed E-state index contributed by atoms with van der Waals surface area (Å²) in [5.41, 5.74) is 1.35. The van der Waals surface area contributed by atoms with Crippen LogP contribution >= 0.6 is 11.6 Å². The highest BCUT2D eigenvalue weighted by Gasteiger charge is 2.21. The van der Waals surface area contributed by atoms with E-state index in [0.29, 0.717) is 5.56 Å². The van der Waals surface area contributed by atoms with Gasteiger partial charge in [0.25, 0.3) is 0 Å². The van der Waals surface area contributed by atoms with Gasteiger partial charge >= 0.3 is 6.09 Å². The van der Waals surface area contributed by atoms with Crippen LogP contribution in [0.4, 0.5) is 13.6 Å². The van der Waals surface area contributed by atoms with E-state index in [2.05, 4.69) is 5.32 Å². The van der Waals surface area contributed by atoms with Crippen LogP contribution in [0.1, 0.15) is 22.6 Å². The lowest BCUT2D eigenvalue weighted by Gasteiger charge is -2.20. The molecule has 0 radical (unpaired) electrons. The number of carbonyl (C=O) groups is 1. The molecule has 0 spiro atoms. The number of carboxylic acid groups (broad SMARTS) is 1. The van der Waals surface area contributed by atoms with Crippen molar-refractivity contribution in [2.75, 3.05) is 6.54 Å². The maximum Gasteiger partial charge on any atom is 0.404 e. The smallest absolute Gasteiger partial charge is 0.404 e. The summed E-state index contributed by atoms with van der Waals surface area (Å²) in [5, 5.41) is 20.8. The summed E-state index contributed by atoms with van der Waals surface area (Å²) in [6, 6.07) is 17.9. The van der Waals surface area contributed by atoms with E-state index < -0.39 is 23.6 Å². The molecule has 3 aromatic rings. The molecule has 0 heterocycles. The standard InChI is InChI=1S/C22H15ClF2N2O2/c23-18-8-6-14(17(12-27-22(28)29)13-4-2-1-3-5-13)10-16(18)20-15(11-26)7-9-19(24)21(20)25/h1-10,17,27H,12H2,(H,28,29). The highest BCUT2D eigenvalue weighted by Crippen LogP contribution is 2.37. The molecular formula is C22H15ClF2N2O2. The van der Waals surface area contributed by atoms with Gasteiger partial charge < -0.3 is 10.4 Å². The summed E-state index contributed by atoms with van der Waals surface area (Å²) in [6.45, 7) is 0.0666. The van der Waals surface area contributed by atoms with Crippen molar-refractivity contribution in [1.29, 1.82) is 5.26 Å². The molecule has 0 aliphatic carbocycles. The Balaban J connectivity index is 2.16. The van der Waals surface area contributed by atoms with Crippen molar-refractivity contribution in [3.05, 3.63) is 94.0 Å². The monoisotopic (exact) mass is 412 g/mol. The average molecular weight is 413 g/mol. The van der Waals surface area contributed by atoms with Crippen molar-refractivity contribution in [1.82, 2.24) is 5.32 Å². The van der Waals surface area contributed by atoms with Crippen molar-refractivity contribution >= 4 is 17.7 Å². The second kappa shape index (κ2) is 8.72. The molecule has 1 atom stereocenters. The SMILES string of the molecule is N#Cc1ccc(F)c(F)c1-c1cc(C(CNC(=O)O)c2ccccc2)ccc1Cl. The molecule has 4 nitrogen and oxygen atoms in total. The number of nitrogens with one attached hydrogen (secondary N) is 1. The highest BCUT2D eigenvalue weighted by molar-refractivity contribution is 6.33. The maximum absolute atomic E-state index is 14.5. The van der Waals surface area contributed by atoms with Gasteiger partial charge in [0.15, 0.2) is 11.6 Å². The van der Waals surface area contributed by atoms with E-state index in [9.17, 15) is 18.8 Å². The summed E-state index contributed by atoms with van der Waals surface area (Å²) in [5.74, 6) is -2.65. The van der Waals surface area contributed by atoms with Gasteiger partial charge in [0.1, 0.15) is 0 Å². The van der Waals surface area contributed by atoms with Gasteiger partial charge in [0, 0.05) is 28.6 Å². The minimum absolute atomic E-state index is 0.0529. The zero-order valence-corrected chi connectivity index (χ0v) is 15.8. The highest BCUT2D eigenvalue weighted by atomic mass is 35.5. The number of halogens is 3. The first-order valence-electron chi connectivity index (χ1n) is 8.62. The summed E-state index contributed by atoms with van der Waals surface area (Å²) in [4.78, 5) is 11.0. The third kappa shape index (κ3) is 4.36. The molecule has 0 bridgehead atoms. The number of rotatable bonds is 5. The van der Waals surface area contributed by atoms with Gasteiger partial charge in [0.2, 0.25) is 0 Å². The fourth-order valence-corrected chi connectivity index (χ4v) is 3.37. The number of nitrogens with zero attached hydrogens (tertiary/aromatic N) is 1. The van der Waals surface area contributed by atoms with Crippen molar-refractivity contribution < 1.29 is 18.7 Å². The van der Waals surface area contributed by atoms with E-state index in [4.69, 9.17) is 16.7 Å². The molecule has 0 aliphatic heterocycles. The zero-order valence-electron chi connectivity index (χ0n) is 15.0. The Morgan fingerprint density at radius 1 is 1.10 bits per heavy atom. The van der Waals surface area contributed by atoms with Gasteiger partial charge in [-0.1, -0.05) is 48.0 Å². The second-order valence-electron chi connectivity index (χ2n) is 6.28. The molecule has 2 N–H and O–H groups in total. The minimum atomic E-state index is -1.18. The molecule has 0 saturated carbocycles. The summed E-state index contributed by atoms with van der Waals surface area (Å²) in [6.07, 6.45) is -1.18. The lowest BCUT2D eigenvalue weighted by Crippen LogP contribution is -2.27. The van der Waals surface area contributed by atoms with E-state index in [1.165, 1.54) is 12.1 Å². The number of hydrogen-bond donors (Lipinski definition) is 2. The normalized spacial score (nSPS) is 11.5. The fourth-order valence-electron chi connectivity index (χ4n) is 3.16. The number of nitriles is 1. The predicted octanol–water partition coefficient (Wildman–Crippen LogP) is 5.56. The van der Waals surface area contributed by atoms with Crippen LogP contribution in [0.3, 0.4) is 0 Å². The van der Waals surface area contributed by atoms with E-state index in [0.717, 1.165) is 11.6 Å². The summed E-state index contributed by atoms with van der Waals surface area (Å²) in [7, 11) is 0. The van der Waals surface area contributed by atoms with E-state index >= 15 is 0 Å².